The van der Waals surface area contributed by atoms with Crippen LogP contribution in [0.2, 0.25) is 0 Å². The quantitative estimate of drug-likeness (QED) is 0.247. The summed E-state index contributed by atoms with van der Waals surface area (Å²) in [5.74, 6) is -0.298. The van der Waals surface area contributed by atoms with E-state index >= 15 is 0 Å². The average Bonchev–Trinajstić information content (AvgIpc) is 3.39. The van der Waals surface area contributed by atoms with Gasteiger partial charge in [0.1, 0.15) is 12.2 Å². The maximum absolute atomic E-state index is 14.2. The number of aliphatic imine (C=N–C) groups is 1. The van der Waals surface area contributed by atoms with Crippen molar-refractivity contribution in [1.29, 1.82) is 0 Å². The molecule has 2 amide bonds. The highest BCUT2D eigenvalue weighted by atomic mass is 31.2. The molecule has 2 saturated carbocycles. The van der Waals surface area contributed by atoms with Gasteiger partial charge >= 0.3 is 7.60 Å². The number of amides is 2. The van der Waals surface area contributed by atoms with E-state index in [1.165, 1.54) is 6.42 Å². The lowest BCUT2D eigenvalue weighted by Crippen LogP contribution is -2.50. The zero-order chi connectivity index (χ0) is 31.1. The lowest BCUT2D eigenvalue weighted by atomic mass is 9.70. The minimum Gasteiger partial charge on any atom is -0.323 e. The van der Waals surface area contributed by atoms with Crippen LogP contribution in [-0.4, -0.2) is 65.6 Å². The molecule has 0 aromatic heterocycles. The highest BCUT2D eigenvalue weighted by Crippen LogP contribution is 2.65. The summed E-state index contributed by atoms with van der Waals surface area (Å²) >= 11 is 0. The van der Waals surface area contributed by atoms with Crippen LogP contribution in [0.25, 0.3) is 0 Å². The van der Waals surface area contributed by atoms with Gasteiger partial charge in [-0.05, 0) is 75.8 Å². The number of likely N-dealkylation sites (N-methyl/N-ethyl adjacent to an activating group) is 1. The molecule has 3 fully saturated rings. The Hall–Kier alpha value is -2.02. The summed E-state index contributed by atoms with van der Waals surface area (Å²) < 4.78 is 25.8. The molecular formula is C33H52N3O5P. The first-order valence-electron chi connectivity index (χ1n) is 15.7. The normalized spacial score (nSPS) is 29.1. The summed E-state index contributed by atoms with van der Waals surface area (Å²) in [6.45, 7) is 17.3. The van der Waals surface area contributed by atoms with E-state index in [9.17, 15) is 14.2 Å². The summed E-state index contributed by atoms with van der Waals surface area (Å²) in [5, 5.41) is 0. The molecule has 0 N–H and O–H groups in total. The van der Waals surface area contributed by atoms with Gasteiger partial charge in [-0.3, -0.25) is 19.1 Å². The van der Waals surface area contributed by atoms with E-state index in [-0.39, 0.29) is 47.4 Å². The Morgan fingerprint density at radius 1 is 1.12 bits per heavy atom. The number of rotatable bonds is 11. The van der Waals surface area contributed by atoms with Gasteiger partial charge in [0.05, 0.1) is 13.2 Å². The molecule has 5 atom stereocenters. The molecule has 1 saturated heterocycles. The van der Waals surface area contributed by atoms with Crippen molar-refractivity contribution in [2.24, 2.45) is 27.2 Å². The van der Waals surface area contributed by atoms with E-state index in [1.54, 1.807) is 29.0 Å². The highest BCUT2D eigenvalue weighted by Gasteiger charge is 2.60. The SMILES string of the molecule is CCOP(=O)(OCC)[C@H](CCC[C@H]1C(=O)N(C)[C@H](C(C)(C)C)N1C(=O)c1ccccc1)/N=C1\C[C@@H]2CC[C@@]1(C)C2(C)C. The number of fused-ring (bicyclic) bond motifs is 2. The molecule has 1 aliphatic heterocycles. The second kappa shape index (κ2) is 12.2. The van der Waals surface area contributed by atoms with Crippen LogP contribution in [0.5, 0.6) is 0 Å². The fraction of sp³-hybridized carbons (Fsp3) is 0.727. The van der Waals surface area contributed by atoms with Gasteiger partial charge in [-0.2, -0.15) is 0 Å². The smallest absolute Gasteiger partial charge is 0.323 e. The van der Waals surface area contributed by atoms with E-state index in [1.807, 2.05) is 32.0 Å². The van der Waals surface area contributed by atoms with Crippen LogP contribution in [0.4, 0.5) is 0 Å². The second-order valence-corrected chi connectivity index (χ2v) is 16.3. The third kappa shape index (κ3) is 5.76. The fourth-order valence-electron chi connectivity index (χ4n) is 7.73. The predicted molar refractivity (Wildman–Crippen MR) is 168 cm³/mol. The van der Waals surface area contributed by atoms with Gasteiger partial charge in [0.2, 0.25) is 5.91 Å². The molecule has 1 heterocycles. The fourth-order valence-corrected chi connectivity index (χ4v) is 9.65. The first-order valence-corrected chi connectivity index (χ1v) is 17.3. The maximum atomic E-state index is 14.2. The number of carbonyl (C=O) groups is 2. The molecule has 3 aliphatic rings. The van der Waals surface area contributed by atoms with Crippen molar-refractivity contribution in [3.63, 3.8) is 0 Å². The van der Waals surface area contributed by atoms with Gasteiger partial charge in [-0.15, -0.1) is 0 Å². The molecule has 1 aromatic carbocycles. The summed E-state index contributed by atoms with van der Waals surface area (Å²) in [4.78, 5) is 36.2. The Morgan fingerprint density at radius 2 is 1.74 bits per heavy atom. The van der Waals surface area contributed by atoms with Crippen molar-refractivity contribution in [2.75, 3.05) is 20.3 Å². The van der Waals surface area contributed by atoms with E-state index in [4.69, 9.17) is 14.0 Å². The van der Waals surface area contributed by atoms with Gasteiger partial charge in [0.25, 0.3) is 5.91 Å². The van der Waals surface area contributed by atoms with Gasteiger partial charge in [-0.1, -0.05) is 59.7 Å². The number of nitrogens with zero attached hydrogens (tertiary/aromatic N) is 3. The minimum absolute atomic E-state index is 0.0395. The third-order valence-corrected chi connectivity index (χ3v) is 12.7. The first-order chi connectivity index (χ1) is 19.6. The van der Waals surface area contributed by atoms with Crippen LogP contribution < -0.4 is 0 Å². The monoisotopic (exact) mass is 601 g/mol. The topological polar surface area (TPSA) is 88.5 Å². The molecule has 42 heavy (non-hydrogen) atoms. The van der Waals surface area contributed by atoms with E-state index in [0.29, 0.717) is 30.7 Å². The molecule has 2 aliphatic carbocycles. The van der Waals surface area contributed by atoms with Gasteiger partial charge < -0.3 is 18.8 Å². The highest BCUT2D eigenvalue weighted by molar-refractivity contribution is 7.54. The first kappa shape index (κ1) is 32.9. The average molecular weight is 602 g/mol. The Labute approximate surface area is 253 Å². The maximum Gasteiger partial charge on any atom is 0.354 e. The summed E-state index contributed by atoms with van der Waals surface area (Å²) in [7, 11) is -1.76. The Bertz CT molecular complexity index is 1220. The second-order valence-electron chi connectivity index (χ2n) is 14.1. The number of benzene rings is 1. The summed E-state index contributed by atoms with van der Waals surface area (Å²) in [5.41, 5.74) is 1.44. The van der Waals surface area contributed by atoms with Crippen LogP contribution in [0.3, 0.4) is 0 Å². The van der Waals surface area contributed by atoms with E-state index in [2.05, 4.69) is 41.5 Å². The van der Waals surface area contributed by atoms with Crippen molar-refractivity contribution in [3.8, 4) is 0 Å². The Kier molecular flexibility index (Phi) is 9.53. The van der Waals surface area contributed by atoms with Crippen LogP contribution in [0, 0.1) is 22.2 Å². The van der Waals surface area contributed by atoms with Crippen LogP contribution in [0.15, 0.2) is 35.3 Å². The lowest BCUT2D eigenvalue weighted by molar-refractivity contribution is -0.129. The zero-order valence-electron chi connectivity index (χ0n) is 27.2. The van der Waals surface area contributed by atoms with Crippen molar-refractivity contribution >= 4 is 25.1 Å². The standard InChI is InChI=1S/C33H52N3O5P/c1-10-40-42(39,41-11-2)27(34-26-22-24-20-21-33(26,8)32(24,6)7)19-15-18-25-29(38)35(9)30(31(3,4)5)36(25)28(37)23-16-13-12-14-17-23/h12-14,16-17,24-25,27,30H,10-11,15,18-22H2,1-9H3/b34-26+/t24-,25-,27+,30-,33+/m0/s1. The van der Waals surface area contributed by atoms with Gasteiger partial charge in [0, 0.05) is 29.2 Å². The molecule has 0 unspecified atom stereocenters. The molecular weight excluding hydrogens is 549 g/mol. The predicted octanol–water partition coefficient (Wildman–Crippen LogP) is 7.39. The number of hydrogen-bond donors (Lipinski definition) is 0. The molecule has 1 aromatic rings. The van der Waals surface area contributed by atoms with Crippen LogP contribution in [0.1, 0.15) is 104 Å². The molecule has 0 spiro atoms. The molecule has 0 radical (unpaired) electrons. The number of carbonyl (C=O) groups excluding carboxylic acids is 2. The molecule has 9 heteroatoms. The van der Waals surface area contributed by atoms with Crippen molar-refractivity contribution < 1.29 is 23.2 Å². The molecule has 2 bridgehead atoms. The summed E-state index contributed by atoms with van der Waals surface area (Å²) in [6, 6.07) is 8.55. The van der Waals surface area contributed by atoms with Crippen molar-refractivity contribution in [1.82, 2.24) is 9.80 Å². The van der Waals surface area contributed by atoms with E-state index in [0.717, 1.165) is 18.6 Å². The third-order valence-electron chi connectivity index (χ3n) is 10.4. The minimum atomic E-state index is -3.55. The molecule has 4 rings (SSSR count). The largest absolute Gasteiger partial charge is 0.354 e. The Balaban J connectivity index is 1.62. The zero-order valence-corrected chi connectivity index (χ0v) is 28.1. The lowest BCUT2D eigenvalue weighted by Gasteiger charge is -2.39. The van der Waals surface area contributed by atoms with Crippen LogP contribution in [-0.2, 0) is 18.4 Å². The molecule has 234 valence electrons. The number of hydrogen-bond acceptors (Lipinski definition) is 6. The molecule has 8 nitrogen and oxygen atoms in total. The van der Waals surface area contributed by atoms with Gasteiger partial charge in [-0.25, -0.2) is 0 Å². The van der Waals surface area contributed by atoms with E-state index < -0.39 is 19.4 Å². The van der Waals surface area contributed by atoms with Crippen molar-refractivity contribution in [3.05, 3.63) is 35.9 Å². The van der Waals surface area contributed by atoms with Crippen LogP contribution >= 0.6 is 7.60 Å². The summed E-state index contributed by atoms with van der Waals surface area (Å²) in [6.07, 6.45) is 4.25. The Morgan fingerprint density at radius 3 is 2.24 bits per heavy atom. The van der Waals surface area contributed by atoms with Gasteiger partial charge in [0.15, 0.2) is 5.78 Å². The van der Waals surface area contributed by atoms with Crippen molar-refractivity contribution in [2.45, 2.75) is 112 Å².